The van der Waals surface area contributed by atoms with Crippen molar-refractivity contribution in [3.8, 4) is 33.5 Å². The van der Waals surface area contributed by atoms with Crippen LogP contribution in [0.3, 0.4) is 0 Å². The first-order valence-corrected chi connectivity index (χ1v) is 14.5. The first-order valence-electron chi connectivity index (χ1n) is 13.7. The summed E-state index contributed by atoms with van der Waals surface area (Å²) >= 11 is 1.83. The van der Waals surface area contributed by atoms with Crippen molar-refractivity contribution >= 4 is 11.3 Å². The van der Waals surface area contributed by atoms with Gasteiger partial charge >= 0.3 is 0 Å². The number of likely N-dealkylation sites (tertiary alicyclic amines) is 1. The predicted molar refractivity (Wildman–Crippen MR) is 150 cm³/mol. The summed E-state index contributed by atoms with van der Waals surface area (Å²) in [6.45, 7) is 10.4. The third-order valence-corrected chi connectivity index (χ3v) is 9.95. The number of thiazole rings is 1. The van der Waals surface area contributed by atoms with E-state index in [1.807, 2.05) is 11.3 Å². The van der Waals surface area contributed by atoms with Crippen molar-refractivity contribution in [2.45, 2.75) is 52.5 Å². The molecule has 2 fully saturated rings. The smallest absolute Gasteiger partial charge is 0.124 e. The van der Waals surface area contributed by atoms with E-state index < -0.39 is 0 Å². The van der Waals surface area contributed by atoms with Crippen molar-refractivity contribution in [3.05, 3.63) is 58.1 Å². The molecule has 3 aromatic rings. The van der Waals surface area contributed by atoms with Crippen LogP contribution >= 0.6 is 11.3 Å². The number of fused-ring (bicyclic) bond motifs is 1. The highest BCUT2D eigenvalue weighted by molar-refractivity contribution is 7.15. The number of hydrogen-bond acceptors (Lipinski definition) is 6. The lowest BCUT2D eigenvalue weighted by molar-refractivity contribution is 0.156. The number of benzene rings is 2. The molecular weight excluding hydrogens is 476 g/mol. The van der Waals surface area contributed by atoms with Crippen LogP contribution in [0.15, 0.2) is 36.4 Å². The molecule has 1 aliphatic carbocycles. The molecule has 37 heavy (non-hydrogen) atoms. The average molecular weight is 513 g/mol. The molecule has 1 unspecified atom stereocenters. The molecule has 192 valence electrons. The molecule has 1 aromatic heterocycles. The molecule has 3 heterocycles. The van der Waals surface area contributed by atoms with Crippen molar-refractivity contribution in [3.63, 3.8) is 0 Å². The van der Waals surface area contributed by atoms with Gasteiger partial charge in [-0.05, 0) is 86.4 Å². The van der Waals surface area contributed by atoms with Gasteiger partial charge in [0, 0.05) is 36.5 Å². The maximum atomic E-state index is 9.21. The third kappa shape index (κ3) is 4.81. The molecule has 1 spiro atoms. The zero-order chi connectivity index (χ0) is 25.4. The molecule has 2 aromatic carbocycles. The molecule has 1 N–H and O–H groups in total. The van der Waals surface area contributed by atoms with Crippen LogP contribution in [0.2, 0.25) is 0 Å². The minimum absolute atomic E-state index is 0.321. The normalized spacial score (nSPS) is 20.4. The van der Waals surface area contributed by atoms with Gasteiger partial charge in [0.1, 0.15) is 10.8 Å². The summed E-state index contributed by atoms with van der Waals surface area (Å²) in [5.41, 5.74) is 7.82. The second kappa shape index (κ2) is 10.2. The Labute approximate surface area is 224 Å². The second-order valence-corrected chi connectivity index (χ2v) is 12.1. The number of nitriles is 1. The van der Waals surface area contributed by atoms with E-state index in [0.29, 0.717) is 11.3 Å². The fourth-order valence-corrected chi connectivity index (χ4v) is 7.40. The lowest BCUT2D eigenvalue weighted by Gasteiger charge is -2.32. The Bertz CT molecular complexity index is 1310. The fraction of sp³-hybridized carbons (Fsp3) is 0.484. The molecule has 6 heteroatoms. The molecular formula is C31H36N4OS. The quantitative estimate of drug-likeness (QED) is 0.386. The molecule has 0 bridgehead atoms. The van der Waals surface area contributed by atoms with Gasteiger partial charge in [-0.3, -0.25) is 0 Å². The maximum Gasteiger partial charge on any atom is 0.124 e. The van der Waals surface area contributed by atoms with Gasteiger partial charge in [-0.25, -0.2) is 4.98 Å². The van der Waals surface area contributed by atoms with E-state index in [1.54, 1.807) is 0 Å². The van der Waals surface area contributed by atoms with Crippen LogP contribution in [0.1, 0.15) is 47.4 Å². The highest BCUT2D eigenvalue weighted by atomic mass is 32.1. The molecule has 2 aliphatic heterocycles. The molecule has 0 amide bonds. The van der Waals surface area contributed by atoms with Crippen molar-refractivity contribution in [1.82, 2.24) is 15.2 Å². The van der Waals surface area contributed by atoms with E-state index >= 15 is 0 Å². The molecule has 1 saturated carbocycles. The molecule has 6 rings (SSSR count). The number of nitrogens with zero attached hydrogens (tertiary/aromatic N) is 3. The minimum Gasteiger partial charge on any atom is -0.493 e. The second-order valence-electron chi connectivity index (χ2n) is 11.0. The molecule has 1 saturated heterocycles. The van der Waals surface area contributed by atoms with E-state index in [9.17, 15) is 5.26 Å². The standard InChI is InChI=1S/C31H36N4OS/c1-21-24(6-3-8-26(21)30-34-27-10-13-33-20-29(27)37-30)25-7-4-9-28(22(25)2)36-17-5-14-35-15-11-31(12-16-35)18-23(31)19-32/h3-4,6-9,23,33H,5,10-18,20H2,1-2H3. The van der Waals surface area contributed by atoms with Crippen LogP contribution in [0, 0.1) is 36.5 Å². The molecule has 5 nitrogen and oxygen atoms in total. The van der Waals surface area contributed by atoms with E-state index in [-0.39, 0.29) is 0 Å². The summed E-state index contributed by atoms with van der Waals surface area (Å²) in [6, 6.07) is 15.5. The van der Waals surface area contributed by atoms with Crippen LogP contribution in [0.4, 0.5) is 0 Å². The van der Waals surface area contributed by atoms with Crippen LogP contribution in [0.5, 0.6) is 5.75 Å². The Morgan fingerprint density at radius 3 is 2.62 bits per heavy atom. The van der Waals surface area contributed by atoms with Gasteiger partial charge in [0.2, 0.25) is 0 Å². The number of ether oxygens (including phenoxy) is 1. The van der Waals surface area contributed by atoms with Crippen LogP contribution in [0.25, 0.3) is 21.7 Å². The van der Waals surface area contributed by atoms with E-state index in [1.165, 1.54) is 51.2 Å². The molecule has 0 radical (unpaired) electrons. The molecule has 3 aliphatic rings. The fourth-order valence-electron chi connectivity index (χ4n) is 6.24. The highest BCUT2D eigenvalue weighted by Crippen LogP contribution is 2.58. The van der Waals surface area contributed by atoms with Gasteiger partial charge in [0.15, 0.2) is 0 Å². The summed E-state index contributed by atoms with van der Waals surface area (Å²) in [5.74, 6) is 1.30. The summed E-state index contributed by atoms with van der Waals surface area (Å²) in [4.78, 5) is 8.92. The third-order valence-electron chi connectivity index (χ3n) is 8.81. The number of hydrogen-bond donors (Lipinski definition) is 1. The summed E-state index contributed by atoms with van der Waals surface area (Å²) < 4.78 is 6.30. The van der Waals surface area contributed by atoms with E-state index in [0.717, 1.165) is 69.4 Å². The van der Waals surface area contributed by atoms with Gasteiger partial charge in [-0.2, -0.15) is 5.26 Å². The Hall–Kier alpha value is -2.72. The SMILES string of the molecule is Cc1c(OCCCN2CCC3(CC2)CC3C#N)cccc1-c1cccc(-c2nc3c(s2)CNCC3)c1C. The van der Waals surface area contributed by atoms with Gasteiger partial charge < -0.3 is 15.0 Å². The first-order chi connectivity index (χ1) is 18.1. The van der Waals surface area contributed by atoms with E-state index in [4.69, 9.17) is 9.72 Å². The Morgan fingerprint density at radius 1 is 1.11 bits per heavy atom. The van der Waals surface area contributed by atoms with Crippen LogP contribution in [-0.2, 0) is 13.0 Å². The predicted octanol–water partition coefficient (Wildman–Crippen LogP) is 6.13. The largest absolute Gasteiger partial charge is 0.493 e. The zero-order valence-electron chi connectivity index (χ0n) is 22.0. The summed E-state index contributed by atoms with van der Waals surface area (Å²) in [5, 5.41) is 13.8. The minimum atomic E-state index is 0.321. The topological polar surface area (TPSA) is 61.2 Å². The number of aromatic nitrogens is 1. The van der Waals surface area contributed by atoms with Crippen molar-refractivity contribution < 1.29 is 4.74 Å². The van der Waals surface area contributed by atoms with Crippen molar-refractivity contribution in [2.24, 2.45) is 11.3 Å². The number of piperidine rings is 1. The monoisotopic (exact) mass is 512 g/mol. The summed E-state index contributed by atoms with van der Waals surface area (Å²) in [6.07, 6.45) is 5.54. The maximum absolute atomic E-state index is 9.21. The van der Waals surface area contributed by atoms with Crippen LogP contribution in [-0.4, -0.2) is 42.7 Å². The van der Waals surface area contributed by atoms with Gasteiger partial charge in [0.05, 0.1) is 24.3 Å². The summed E-state index contributed by atoms with van der Waals surface area (Å²) in [7, 11) is 0. The van der Waals surface area contributed by atoms with Gasteiger partial charge in [-0.15, -0.1) is 11.3 Å². The van der Waals surface area contributed by atoms with E-state index in [2.05, 4.69) is 66.5 Å². The average Bonchev–Trinajstić information content (AvgIpc) is 3.42. The Balaban J connectivity index is 1.10. The zero-order valence-corrected chi connectivity index (χ0v) is 22.8. The molecule has 1 atom stereocenters. The highest BCUT2D eigenvalue weighted by Gasteiger charge is 2.55. The Kier molecular flexibility index (Phi) is 6.79. The van der Waals surface area contributed by atoms with Crippen LogP contribution < -0.4 is 10.1 Å². The van der Waals surface area contributed by atoms with Gasteiger partial charge in [0.25, 0.3) is 0 Å². The number of nitrogens with one attached hydrogen (secondary N) is 1. The Morgan fingerprint density at radius 2 is 1.86 bits per heavy atom. The van der Waals surface area contributed by atoms with Crippen molar-refractivity contribution in [1.29, 1.82) is 5.26 Å². The first kappa shape index (κ1) is 24.6. The number of rotatable bonds is 7. The lowest BCUT2D eigenvalue weighted by atomic mass is 9.91. The van der Waals surface area contributed by atoms with Gasteiger partial charge in [-0.1, -0.05) is 30.3 Å². The lowest BCUT2D eigenvalue weighted by Crippen LogP contribution is -2.36. The van der Waals surface area contributed by atoms with Crippen molar-refractivity contribution in [2.75, 3.05) is 32.8 Å².